The third-order valence-electron chi connectivity index (χ3n) is 4.20. The molecule has 1 aromatic carbocycles. The molecule has 0 spiro atoms. The summed E-state index contributed by atoms with van der Waals surface area (Å²) >= 11 is 5.97. The van der Waals surface area contributed by atoms with Crippen LogP contribution < -0.4 is 0 Å². The smallest absolute Gasteiger partial charge is 0.253 e. The molecule has 1 amide bonds. The molecule has 120 valence electrons. The summed E-state index contributed by atoms with van der Waals surface area (Å²) in [6.07, 6.45) is 4.68. The van der Waals surface area contributed by atoms with E-state index in [4.69, 9.17) is 11.6 Å². The van der Waals surface area contributed by atoms with E-state index in [-0.39, 0.29) is 5.91 Å². The van der Waals surface area contributed by atoms with Crippen LogP contribution in [-0.2, 0) is 6.42 Å². The SMILES string of the molecule is O=C(c1cccc(Cl)c1)N1CCN(CCc2ccncc2)CC1. The molecule has 1 aliphatic rings. The van der Waals surface area contributed by atoms with Crippen molar-refractivity contribution in [3.8, 4) is 0 Å². The number of hydrogen-bond donors (Lipinski definition) is 0. The average molecular weight is 330 g/mol. The first-order valence-electron chi connectivity index (χ1n) is 7.88. The van der Waals surface area contributed by atoms with Crippen LogP contribution in [-0.4, -0.2) is 53.4 Å². The number of carbonyl (C=O) groups is 1. The molecule has 0 radical (unpaired) electrons. The van der Waals surface area contributed by atoms with Crippen LogP contribution in [0.2, 0.25) is 5.02 Å². The maximum absolute atomic E-state index is 12.5. The zero-order chi connectivity index (χ0) is 16.1. The lowest BCUT2D eigenvalue weighted by Crippen LogP contribution is -2.49. The van der Waals surface area contributed by atoms with Gasteiger partial charge in [-0.1, -0.05) is 17.7 Å². The molecule has 0 atom stereocenters. The van der Waals surface area contributed by atoms with Crippen LogP contribution in [0.3, 0.4) is 0 Å². The van der Waals surface area contributed by atoms with Crippen LogP contribution in [0.1, 0.15) is 15.9 Å². The maximum atomic E-state index is 12.5. The van der Waals surface area contributed by atoms with Gasteiger partial charge in [0, 0.05) is 55.7 Å². The summed E-state index contributed by atoms with van der Waals surface area (Å²) in [6.45, 7) is 4.38. The van der Waals surface area contributed by atoms with E-state index in [1.807, 2.05) is 29.4 Å². The van der Waals surface area contributed by atoms with Crippen molar-refractivity contribution in [3.63, 3.8) is 0 Å². The van der Waals surface area contributed by atoms with E-state index in [1.54, 1.807) is 12.1 Å². The lowest BCUT2D eigenvalue weighted by Gasteiger charge is -2.34. The Morgan fingerprint density at radius 1 is 1.09 bits per heavy atom. The molecule has 1 aromatic heterocycles. The van der Waals surface area contributed by atoms with Gasteiger partial charge in [-0.05, 0) is 42.3 Å². The van der Waals surface area contributed by atoms with Crippen molar-refractivity contribution in [2.75, 3.05) is 32.7 Å². The monoisotopic (exact) mass is 329 g/mol. The summed E-state index contributed by atoms with van der Waals surface area (Å²) in [5.41, 5.74) is 1.97. The predicted octanol–water partition coefficient (Wildman–Crippen LogP) is 2.74. The fraction of sp³-hybridized carbons (Fsp3) is 0.333. The largest absolute Gasteiger partial charge is 0.336 e. The van der Waals surface area contributed by atoms with Gasteiger partial charge in [-0.2, -0.15) is 0 Å². The second-order valence-electron chi connectivity index (χ2n) is 5.75. The summed E-state index contributed by atoms with van der Waals surface area (Å²) in [5, 5.41) is 0.604. The first-order valence-corrected chi connectivity index (χ1v) is 8.26. The van der Waals surface area contributed by atoms with Crippen LogP contribution in [0, 0.1) is 0 Å². The fourth-order valence-corrected chi connectivity index (χ4v) is 3.01. The van der Waals surface area contributed by atoms with E-state index in [9.17, 15) is 4.79 Å². The van der Waals surface area contributed by atoms with Crippen LogP contribution in [0.15, 0.2) is 48.8 Å². The summed E-state index contributed by atoms with van der Waals surface area (Å²) < 4.78 is 0. The van der Waals surface area contributed by atoms with Gasteiger partial charge in [0.05, 0.1) is 0 Å². The van der Waals surface area contributed by atoms with Crippen LogP contribution in [0.5, 0.6) is 0 Å². The van der Waals surface area contributed by atoms with Crippen molar-refractivity contribution in [2.24, 2.45) is 0 Å². The molecule has 2 aromatic rings. The number of hydrogen-bond acceptors (Lipinski definition) is 3. The summed E-state index contributed by atoms with van der Waals surface area (Å²) in [6, 6.07) is 11.3. The second-order valence-corrected chi connectivity index (χ2v) is 6.19. The van der Waals surface area contributed by atoms with E-state index in [0.717, 1.165) is 39.1 Å². The van der Waals surface area contributed by atoms with E-state index in [2.05, 4.69) is 22.0 Å². The highest BCUT2D eigenvalue weighted by molar-refractivity contribution is 6.30. The van der Waals surface area contributed by atoms with Crippen LogP contribution in [0.25, 0.3) is 0 Å². The number of rotatable bonds is 4. The molecule has 3 rings (SSSR count). The third kappa shape index (κ3) is 4.30. The topological polar surface area (TPSA) is 36.4 Å². The highest BCUT2D eigenvalue weighted by Gasteiger charge is 2.21. The Labute approximate surface area is 141 Å². The van der Waals surface area contributed by atoms with Gasteiger partial charge in [-0.15, -0.1) is 0 Å². The normalized spacial score (nSPS) is 15.6. The Kier molecular flexibility index (Phi) is 5.26. The van der Waals surface area contributed by atoms with Gasteiger partial charge in [-0.25, -0.2) is 0 Å². The third-order valence-corrected chi connectivity index (χ3v) is 4.43. The quantitative estimate of drug-likeness (QED) is 0.865. The molecule has 0 bridgehead atoms. The van der Waals surface area contributed by atoms with Crippen molar-refractivity contribution in [1.29, 1.82) is 0 Å². The average Bonchev–Trinajstić information content (AvgIpc) is 2.61. The minimum atomic E-state index is 0.0706. The highest BCUT2D eigenvalue weighted by atomic mass is 35.5. The second kappa shape index (κ2) is 7.57. The molecule has 2 heterocycles. The molecule has 4 nitrogen and oxygen atoms in total. The summed E-state index contributed by atoms with van der Waals surface area (Å²) in [5.74, 6) is 0.0706. The van der Waals surface area contributed by atoms with Gasteiger partial charge < -0.3 is 4.90 Å². The summed E-state index contributed by atoms with van der Waals surface area (Å²) in [4.78, 5) is 20.8. The number of benzene rings is 1. The first-order chi connectivity index (χ1) is 11.2. The molecular formula is C18H20ClN3O. The van der Waals surface area contributed by atoms with E-state index in [1.165, 1.54) is 5.56 Å². The minimum absolute atomic E-state index is 0.0706. The Bertz CT molecular complexity index is 654. The van der Waals surface area contributed by atoms with E-state index >= 15 is 0 Å². The maximum Gasteiger partial charge on any atom is 0.253 e. The van der Waals surface area contributed by atoms with Gasteiger partial charge in [0.15, 0.2) is 0 Å². The van der Waals surface area contributed by atoms with Crippen LogP contribution in [0.4, 0.5) is 0 Å². The fourth-order valence-electron chi connectivity index (χ4n) is 2.82. The summed E-state index contributed by atoms with van der Waals surface area (Å²) in [7, 11) is 0. The van der Waals surface area contributed by atoms with Gasteiger partial charge in [-0.3, -0.25) is 14.7 Å². The number of nitrogens with zero attached hydrogens (tertiary/aromatic N) is 3. The minimum Gasteiger partial charge on any atom is -0.336 e. The standard InChI is InChI=1S/C18H20ClN3O/c19-17-3-1-2-16(14-17)18(23)22-12-10-21(11-13-22)9-6-15-4-7-20-8-5-15/h1-5,7-8,14H,6,9-13H2. The number of carbonyl (C=O) groups excluding carboxylic acids is 1. The predicted molar refractivity (Wildman–Crippen MR) is 91.7 cm³/mol. The number of pyridine rings is 1. The molecule has 0 aliphatic carbocycles. The van der Waals surface area contributed by atoms with Crippen molar-refractivity contribution in [2.45, 2.75) is 6.42 Å². The molecule has 0 saturated carbocycles. The van der Waals surface area contributed by atoms with E-state index in [0.29, 0.717) is 10.6 Å². The zero-order valence-electron chi connectivity index (χ0n) is 13.0. The number of aromatic nitrogens is 1. The molecular weight excluding hydrogens is 310 g/mol. The lowest BCUT2D eigenvalue weighted by atomic mass is 10.1. The Morgan fingerprint density at radius 2 is 1.83 bits per heavy atom. The van der Waals surface area contributed by atoms with Gasteiger partial charge in [0.2, 0.25) is 0 Å². The van der Waals surface area contributed by atoms with Crippen molar-refractivity contribution in [3.05, 3.63) is 64.9 Å². The van der Waals surface area contributed by atoms with Crippen molar-refractivity contribution in [1.82, 2.24) is 14.8 Å². The van der Waals surface area contributed by atoms with Crippen molar-refractivity contribution < 1.29 is 4.79 Å². The van der Waals surface area contributed by atoms with E-state index < -0.39 is 0 Å². The number of halogens is 1. The molecule has 1 fully saturated rings. The highest BCUT2D eigenvalue weighted by Crippen LogP contribution is 2.14. The molecule has 1 aliphatic heterocycles. The lowest BCUT2D eigenvalue weighted by molar-refractivity contribution is 0.0638. The first kappa shape index (κ1) is 16.0. The van der Waals surface area contributed by atoms with Crippen molar-refractivity contribution >= 4 is 17.5 Å². The Hall–Kier alpha value is -1.91. The van der Waals surface area contributed by atoms with Gasteiger partial charge in [0.1, 0.15) is 0 Å². The molecule has 0 N–H and O–H groups in total. The molecule has 0 unspecified atom stereocenters. The number of piperazine rings is 1. The molecule has 5 heteroatoms. The van der Waals surface area contributed by atoms with Crippen LogP contribution >= 0.6 is 11.6 Å². The molecule has 23 heavy (non-hydrogen) atoms. The number of amides is 1. The van der Waals surface area contributed by atoms with Gasteiger partial charge >= 0.3 is 0 Å². The Balaban J connectivity index is 1.49. The Morgan fingerprint density at radius 3 is 2.52 bits per heavy atom. The molecule has 1 saturated heterocycles. The zero-order valence-corrected chi connectivity index (χ0v) is 13.7. The van der Waals surface area contributed by atoms with Gasteiger partial charge in [0.25, 0.3) is 5.91 Å².